The molecule has 2 aromatic heterocycles. The molecule has 0 aliphatic carbocycles. The van der Waals surface area contributed by atoms with E-state index in [1.54, 1.807) is 38.7 Å². The Morgan fingerprint density at radius 1 is 1.18 bits per heavy atom. The predicted octanol–water partition coefficient (Wildman–Crippen LogP) is 3.20. The molecule has 148 valence electrons. The molecular formula is C20H22N2O5S. The van der Waals surface area contributed by atoms with Gasteiger partial charge in [0.25, 0.3) is 5.56 Å². The summed E-state index contributed by atoms with van der Waals surface area (Å²) in [5.74, 6) is 0.975. The molecule has 8 heteroatoms. The van der Waals surface area contributed by atoms with Crippen molar-refractivity contribution in [1.29, 1.82) is 0 Å². The van der Waals surface area contributed by atoms with Crippen LogP contribution in [0.5, 0.6) is 11.5 Å². The van der Waals surface area contributed by atoms with Crippen LogP contribution in [-0.2, 0) is 17.7 Å². The van der Waals surface area contributed by atoms with Crippen LogP contribution in [0.25, 0.3) is 10.2 Å². The minimum Gasteiger partial charge on any atom is -0.497 e. The average Bonchev–Trinajstić information content (AvgIpc) is 3.04. The summed E-state index contributed by atoms with van der Waals surface area (Å²) in [6.45, 7) is 4.24. The van der Waals surface area contributed by atoms with Gasteiger partial charge in [-0.2, -0.15) is 0 Å². The molecule has 0 N–H and O–H groups in total. The van der Waals surface area contributed by atoms with Crippen molar-refractivity contribution in [2.75, 3.05) is 20.8 Å². The number of carbonyl (C=O) groups is 1. The Labute approximate surface area is 166 Å². The van der Waals surface area contributed by atoms with Gasteiger partial charge in [0.2, 0.25) is 0 Å². The average molecular weight is 402 g/mol. The predicted molar refractivity (Wildman–Crippen MR) is 108 cm³/mol. The number of carbonyl (C=O) groups excluding carboxylic acids is 1. The maximum atomic E-state index is 12.9. The number of rotatable bonds is 7. The van der Waals surface area contributed by atoms with E-state index in [1.807, 2.05) is 12.1 Å². The lowest BCUT2D eigenvalue weighted by Gasteiger charge is -2.09. The van der Waals surface area contributed by atoms with Crippen LogP contribution < -0.4 is 15.0 Å². The zero-order valence-corrected chi connectivity index (χ0v) is 17.1. The number of thiophene rings is 1. The lowest BCUT2D eigenvalue weighted by molar-refractivity contribution is 0.0531. The highest BCUT2D eigenvalue weighted by Gasteiger charge is 2.20. The second kappa shape index (κ2) is 8.43. The van der Waals surface area contributed by atoms with E-state index in [1.165, 1.54) is 17.7 Å². The molecule has 1 aromatic carbocycles. The van der Waals surface area contributed by atoms with Gasteiger partial charge in [0, 0.05) is 12.6 Å². The summed E-state index contributed by atoms with van der Waals surface area (Å²) in [6.07, 6.45) is 2.13. The Hall–Kier alpha value is -2.87. The van der Waals surface area contributed by atoms with Crippen molar-refractivity contribution in [2.45, 2.75) is 26.8 Å². The highest BCUT2D eigenvalue weighted by atomic mass is 32.1. The van der Waals surface area contributed by atoms with E-state index in [9.17, 15) is 9.59 Å². The molecule has 0 aliphatic rings. The maximum Gasteiger partial charge on any atom is 0.348 e. The molecule has 0 atom stereocenters. The van der Waals surface area contributed by atoms with Crippen molar-refractivity contribution >= 4 is 27.5 Å². The van der Waals surface area contributed by atoms with Crippen LogP contribution in [0.2, 0.25) is 0 Å². The highest BCUT2D eigenvalue weighted by molar-refractivity contribution is 7.20. The fraction of sp³-hybridized carbons (Fsp3) is 0.350. The molecule has 0 saturated heterocycles. The Morgan fingerprint density at radius 3 is 2.46 bits per heavy atom. The van der Waals surface area contributed by atoms with Crippen LogP contribution in [0.3, 0.4) is 0 Å². The number of methoxy groups -OCH3 is 2. The Morgan fingerprint density at radius 2 is 1.86 bits per heavy atom. The summed E-state index contributed by atoms with van der Waals surface area (Å²) in [4.78, 5) is 30.4. The van der Waals surface area contributed by atoms with Gasteiger partial charge in [0.15, 0.2) is 0 Å². The molecule has 0 spiro atoms. The number of ether oxygens (including phenoxy) is 3. The van der Waals surface area contributed by atoms with Gasteiger partial charge in [0.1, 0.15) is 21.2 Å². The minimum absolute atomic E-state index is 0.163. The zero-order chi connectivity index (χ0) is 20.3. The summed E-state index contributed by atoms with van der Waals surface area (Å²) in [5, 5.41) is 0.471. The fourth-order valence-corrected chi connectivity index (χ4v) is 4.00. The second-order valence-electron chi connectivity index (χ2n) is 6.17. The first-order chi connectivity index (χ1) is 13.5. The van der Waals surface area contributed by atoms with Gasteiger partial charge >= 0.3 is 5.97 Å². The molecule has 0 radical (unpaired) electrons. The van der Waals surface area contributed by atoms with Gasteiger partial charge in [-0.1, -0.05) is 0 Å². The monoisotopic (exact) mass is 402 g/mol. The van der Waals surface area contributed by atoms with Crippen LogP contribution in [-0.4, -0.2) is 36.3 Å². The molecule has 0 amide bonds. The second-order valence-corrected chi connectivity index (χ2v) is 7.17. The van der Waals surface area contributed by atoms with Gasteiger partial charge in [-0.3, -0.25) is 9.36 Å². The Kier molecular flexibility index (Phi) is 5.99. The number of aromatic nitrogens is 2. The first-order valence-corrected chi connectivity index (χ1v) is 9.67. The van der Waals surface area contributed by atoms with Crippen LogP contribution in [0.15, 0.2) is 29.3 Å². The molecule has 0 saturated carbocycles. The van der Waals surface area contributed by atoms with E-state index < -0.39 is 5.97 Å². The molecule has 3 rings (SSSR count). The van der Waals surface area contributed by atoms with Crippen molar-refractivity contribution < 1.29 is 19.0 Å². The standard InChI is InChI=1S/C20H22N2O5S/c1-5-27-20(24)17-12(2)16-18(28-17)21-11-22(19(16)23)7-6-13-8-14(25-3)10-15(9-13)26-4/h8-11H,5-7H2,1-4H3. The van der Waals surface area contributed by atoms with Crippen LogP contribution in [0.4, 0.5) is 0 Å². The Balaban J connectivity index is 1.90. The van der Waals surface area contributed by atoms with Crippen LogP contribution in [0, 0.1) is 6.92 Å². The van der Waals surface area contributed by atoms with E-state index in [-0.39, 0.29) is 12.2 Å². The maximum absolute atomic E-state index is 12.9. The SMILES string of the molecule is CCOC(=O)c1sc2ncn(CCc3cc(OC)cc(OC)c3)c(=O)c2c1C. The largest absolute Gasteiger partial charge is 0.497 e. The summed E-state index contributed by atoms with van der Waals surface area (Å²) < 4.78 is 17.2. The Bertz CT molecular complexity index is 1050. The molecular weight excluding hydrogens is 380 g/mol. The summed E-state index contributed by atoms with van der Waals surface area (Å²) >= 11 is 1.19. The van der Waals surface area contributed by atoms with E-state index in [0.717, 1.165) is 5.56 Å². The van der Waals surface area contributed by atoms with Crippen LogP contribution in [0.1, 0.15) is 27.7 Å². The molecule has 0 bridgehead atoms. The molecule has 28 heavy (non-hydrogen) atoms. The first kappa shape index (κ1) is 19.9. The fourth-order valence-electron chi connectivity index (χ4n) is 2.97. The van der Waals surface area contributed by atoms with Gasteiger partial charge in [0.05, 0.1) is 32.5 Å². The van der Waals surface area contributed by atoms with E-state index >= 15 is 0 Å². The number of benzene rings is 1. The zero-order valence-electron chi connectivity index (χ0n) is 16.3. The van der Waals surface area contributed by atoms with Gasteiger partial charge < -0.3 is 14.2 Å². The minimum atomic E-state index is -0.419. The van der Waals surface area contributed by atoms with Crippen molar-refractivity contribution in [3.05, 3.63) is 50.9 Å². The highest BCUT2D eigenvalue weighted by Crippen LogP contribution is 2.27. The quantitative estimate of drug-likeness (QED) is 0.565. The smallest absolute Gasteiger partial charge is 0.348 e. The third kappa shape index (κ3) is 3.87. The summed E-state index contributed by atoms with van der Waals surface area (Å²) in [6, 6.07) is 5.62. The van der Waals surface area contributed by atoms with Crippen molar-refractivity contribution in [2.24, 2.45) is 0 Å². The van der Waals surface area contributed by atoms with Gasteiger partial charge in [-0.25, -0.2) is 9.78 Å². The lowest BCUT2D eigenvalue weighted by atomic mass is 10.1. The third-order valence-electron chi connectivity index (χ3n) is 4.43. The lowest BCUT2D eigenvalue weighted by Crippen LogP contribution is -2.21. The number of nitrogens with zero attached hydrogens (tertiary/aromatic N) is 2. The number of esters is 1. The molecule has 0 fully saturated rings. The first-order valence-electron chi connectivity index (χ1n) is 8.86. The molecule has 7 nitrogen and oxygen atoms in total. The van der Waals surface area contributed by atoms with Crippen molar-refractivity contribution in [1.82, 2.24) is 9.55 Å². The number of hydrogen-bond donors (Lipinski definition) is 0. The van der Waals surface area contributed by atoms with E-state index in [4.69, 9.17) is 14.2 Å². The molecule has 0 aliphatic heterocycles. The molecule has 0 unspecified atom stereocenters. The molecule has 2 heterocycles. The van der Waals surface area contributed by atoms with E-state index in [0.29, 0.717) is 45.1 Å². The molecule has 3 aromatic rings. The van der Waals surface area contributed by atoms with Crippen LogP contribution >= 0.6 is 11.3 Å². The third-order valence-corrected chi connectivity index (χ3v) is 5.61. The number of aryl methyl sites for hydroxylation is 3. The normalized spacial score (nSPS) is 10.9. The van der Waals surface area contributed by atoms with Crippen molar-refractivity contribution in [3.8, 4) is 11.5 Å². The van der Waals surface area contributed by atoms with Gasteiger partial charge in [-0.05, 0) is 43.5 Å². The van der Waals surface area contributed by atoms with Crippen molar-refractivity contribution in [3.63, 3.8) is 0 Å². The summed E-state index contributed by atoms with van der Waals surface area (Å²) in [5.41, 5.74) is 1.44. The van der Waals surface area contributed by atoms with Gasteiger partial charge in [-0.15, -0.1) is 11.3 Å². The summed E-state index contributed by atoms with van der Waals surface area (Å²) in [7, 11) is 3.20. The number of hydrogen-bond acceptors (Lipinski definition) is 7. The number of fused-ring (bicyclic) bond motifs is 1. The topological polar surface area (TPSA) is 79.7 Å². The van der Waals surface area contributed by atoms with E-state index in [2.05, 4.69) is 4.98 Å².